The topological polar surface area (TPSA) is 68.2 Å². The second-order valence-corrected chi connectivity index (χ2v) is 6.67. The third-order valence-corrected chi connectivity index (χ3v) is 4.68. The number of carbonyl (C=O) groups excluding carboxylic acids is 1. The molecule has 1 aliphatic heterocycles. The Balaban J connectivity index is 1.55. The Kier molecular flexibility index (Phi) is 4.98. The summed E-state index contributed by atoms with van der Waals surface area (Å²) < 4.78 is 5.77. The van der Waals surface area contributed by atoms with Gasteiger partial charge in [0, 0.05) is 24.0 Å². The highest BCUT2D eigenvalue weighted by Gasteiger charge is 2.32. The molecule has 0 N–H and O–H groups in total. The van der Waals surface area contributed by atoms with Gasteiger partial charge in [0.25, 0.3) is 5.91 Å². The molecule has 2 aromatic heterocycles. The first kappa shape index (κ1) is 17.4. The Hall–Kier alpha value is -2.99. The van der Waals surface area contributed by atoms with Crippen molar-refractivity contribution < 1.29 is 9.53 Å². The van der Waals surface area contributed by atoms with Crippen LogP contribution in [-0.4, -0.2) is 32.3 Å². The molecule has 1 atom stereocenters. The molecule has 0 radical (unpaired) electrons. The molecule has 1 aromatic carbocycles. The Bertz CT molecular complexity index is 934. The van der Waals surface area contributed by atoms with Gasteiger partial charge >= 0.3 is 0 Å². The van der Waals surface area contributed by atoms with Crippen molar-refractivity contribution in [1.82, 2.24) is 19.9 Å². The fourth-order valence-corrected chi connectivity index (χ4v) is 3.29. The minimum Gasteiger partial charge on any atom is -0.437 e. The summed E-state index contributed by atoms with van der Waals surface area (Å²) in [7, 11) is 0. The van der Waals surface area contributed by atoms with E-state index in [0.29, 0.717) is 28.8 Å². The minimum atomic E-state index is -0.126. The SMILES string of the molecule is O=C(c1cccnc1)N1CCCC1c1cncc(Oc2ccc(Cl)cc2)n1. The van der Waals surface area contributed by atoms with Gasteiger partial charge < -0.3 is 9.64 Å². The van der Waals surface area contributed by atoms with Gasteiger partial charge in [-0.15, -0.1) is 0 Å². The third-order valence-electron chi connectivity index (χ3n) is 4.43. The second-order valence-electron chi connectivity index (χ2n) is 6.24. The molecule has 1 amide bonds. The number of aromatic nitrogens is 3. The van der Waals surface area contributed by atoms with E-state index in [1.54, 1.807) is 61.2 Å². The second kappa shape index (κ2) is 7.72. The van der Waals surface area contributed by atoms with E-state index in [-0.39, 0.29) is 11.9 Å². The molecule has 7 heteroatoms. The van der Waals surface area contributed by atoms with Crippen molar-refractivity contribution in [2.75, 3.05) is 6.54 Å². The average Bonchev–Trinajstić information content (AvgIpc) is 3.20. The zero-order valence-corrected chi connectivity index (χ0v) is 15.2. The summed E-state index contributed by atoms with van der Waals surface area (Å²) in [5.74, 6) is 0.965. The van der Waals surface area contributed by atoms with Crippen LogP contribution in [0.25, 0.3) is 0 Å². The number of hydrogen-bond acceptors (Lipinski definition) is 5. The molecule has 1 unspecified atom stereocenters. The molecule has 3 aromatic rings. The minimum absolute atomic E-state index is 0.0450. The first-order chi connectivity index (χ1) is 13.2. The zero-order chi connectivity index (χ0) is 18.6. The lowest BCUT2D eigenvalue weighted by Gasteiger charge is -2.24. The van der Waals surface area contributed by atoms with Crippen LogP contribution in [0.5, 0.6) is 11.6 Å². The van der Waals surface area contributed by atoms with Crippen LogP contribution in [0.15, 0.2) is 61.2 Å². The van der Waals surface area contributed by atoms with Crippen molar-refractivity contribution in [3.8, 4) is 11.6 Å². The molecule has 3 heterocycles. The summed E-state index contributed by atoms with van der Waals surface area (Å²) in [6.07, 6.45) is 8.24. The van der Waals surface area contributed by atoms with E-state index in [0.717, 1.165) is 18.5 Å². The van der Waals surface area contributed by atoms with Crippen LogP contribution in [0, 0.1) is 0 Å². The molecule has 136 valence electrons. The van der Waals surface area contributed by atoms with Crippen LogP contribution in [0.4, 0.5) is 0 Å². The van der Waals surface area contributed by atoms with E-state index in [1.165, 1.54) is 0 Å². The largest absolute Gasteiger partial charge is 0.437 e. The highest BCUT2D eigenvalue weighted by Crippen LogP contribution is 2.33. The van der Waals surface area contributed by atoms with E-state index in [1.807, 2.05) is 4.90 Å². The predicted octanol–water partition coefficient (Wildman–Crippen LogP) is 4.29. The molecule has 6 nitrogen and oxygen atoms in total. The van der Waals surface area contributed by atoms with Gasteiger partial charge in [-0.3, -0.25) is 14.8 Å². The van der Waals surface area contributed by atoms with E-state index in [9.17, 15) is 4.79 Å². The van der Waals surface area contributed by atoms with Gasteiger partial charge in [-0.05, 0) is 49.2 Å². The molecular weight excluding hydrogens is 364 g/mol. The predicted molar refractivity (Wildman–Crippen MR) is 101 cm³/mol. The monoisotopic (exact) mass is 380 g/mol. The number of pyridine rings is 1. The van der Waals surface area contributed by atoms with Gasteiger partial charge in [0.2, 0.25) is 5.88 Å². The number of hydrogen-bond donors (Lipinski definition) is 0. The molecule has 0 saturated carbocycles. The average molecular weight is 381 g/mol. The summed E-state index contributed by atoms with van der Waals surface area (Å²) in [6, 6.07) is 10.4. The van der Waals surface area contributed by atoms with E-state index < -0.39 is 0 Å². The molecule has 1 saturated heterocycles. The standard InChI is InChI=1S/C20H17ClN4O2/c21-15-5-7-16(8-6-15)27-19-13-23-12-17(24-19)18-4-2-10-25(18)20(26)14-3-1-9-22-11-14/h1,3,5-9,11-13,18H,2,4,10H2. The number of carbonyl (C=O) groups is 1. The fourth-order valence-electron chi connectivity index (χ4n) is 3.17. The highest BCUT2D eigenvalue weighted by atomic mass is 35.5. The van der Waals surface area contributed by atoms with Gasteiger partial charge in [0.05, 0.1) is 29.7 Å². The van der Waals surface area contributed by atoms with Crippen molar-refractivity contribution in [3.63, 3.8) is 0 Å². The van der Waals surface area contributed by atoms with Crippen molar-refractivity contribution >= 4 is 17.5 Å². The molecule has 0 bridgehead atoms. The maximum absolute atomic E-state index is 12.8. The summed E-state index contributed by atoms with van der Waals surface area (Å²) in [5, 5.41) is 0.637. The van der Waals surface area contributed by atoms with Crippen molar-refractivity contribution in [2.24, 2.45) is 0 Å². The smallest absolute Gasteiger partial charge is 0.255 e. The Labute approximate surface area is 161 Å². The highest BCUT2D eigenvalue weighted by molar-refractivity contribution is 6.30. The Morgan fingerprint density at radius 1 is 1.11 bits per heavy atom. The lowest BCUT2D eigenvalue weighted by molar-refractivity contribution is 0.0732. The molecule has 4 rings (SSSR count). The van der Waals surface area contributed by atoms with Gasteiger partial charge in [-0.2, -0.15) is 0 Å². The number of benzene rings is 1. The van der Waals surface area contributed by atoms with Crippen LogP contribution in [-0.2, 0) is 0 Å². The van der Waals surface area contributed by atoms with Gasteiger partial charge in [-0.25, -0.2) is 4.98 Å². The van der Waals surface area contributed by atoms with Crippen LogP contribution in [0.1, 0.15) is 34.9 Å². The summed E-state index contributed by atoms with van der Waals surface area (Å²) in [6.45, 7) is 0.683. The zero-order valence-electron chi connectivity index (χ0n) is 14.5. The number of likely N-dealkylation sites (tertiary alicyclic amines) is 1. The Morgan fingerprint density at radius 2 is 1.96 bits per heavy atom. The summed E-state index contributed by atoms with van der Waals surface area (Å²) in [4.78, 5) is 27.5. The van der Waals surface area contributed by atoms with Gasteiger partial charge in [0.1, 0.15) is 5.75 Å². The molecule has 1 aliphatic rings. The van der Waals surface area contributed by atoms with Crippen molar-refractivity contribution in [2.45, 2.75) is 18.9 Å². The molecule has 27 heavy (non-hydrogen) atoms. The van der Waals surface area contributed by atoms with Gasteiger partial charge in [-0.1, -0.05) is 11.6 Å². The Morgan fingerprint density at radius 3 is 2.74 bits per heavy atom. The number of rotatable bonds is 4. The summed E-state index contributed by atoms with van der Waals surface area (Å²) in [5.41, 5.74) is 1.29. The van der Waals surface area contributed by atoms with Crippen LogP contribution in [0.3, 0.4) is 0 Å². The molecule has 0 aliphatic carbocycles. The lowest BCUT2D eigenvalue weighted by atomic mass is 10.1. The number of halogens is 1. The van der Waals surface area contributed by atoms with Crippen molar-refractivity contribution in [3.05, 3.63) is 77.5 Å². The lowest BCUT2D eigenvalue weighted by Crippen LogP contribution is -2.31. The van der Waals surface area contributed by atoms with Gasteiger partial charge in [0.15, 0.2) is 0 Å². The maximum Gasteiger partial charge on any atom is 0.255 e. The molecule has 1 fully saturated rings. The normalized spacial score (nSPS) is 16.3. The molecule has 0 spiro atoms. The number of nitrogens with zero attached hydrogens (tertiary/aromatic N) is 4. The van der Waals surface area contributed by atoms with Crippen LogP contribution < -0.4 is 4.74 Å². The van der Waals surface area contributed by atoms with Crippen molar-refractivity contribution in [1.29, 1.82) is 0 Å². The quantitative estimate of drug-likeness (QED) is 0.675. The number of ether oxygens (including phenoxy) is 1. The van der Waals surface area contributed by atoms with Crippen LogP contribution in [0.2, 0.25) is 5.02 Å². The first-order valence-electron chi connectivity index (χ1n) is 8.67. The number of amides is 1. The van der Waals surface area contributed by atoms with Crippen LogP contribution >= 0.6 is 11.6 Å². The van der Waals surface area contributed by atoms with E-state index in [4.69, 9.17) is 16.3 Å². The summed E-state index contributed by atoms with van der Waals surface area (Å²) >= 11 is 5.90. The van der Waals surface area contributed by atoms with E-state index >= 15 is 0 Å². The maximum atomic E-state index is 12.8. The first-order valence-corrected chi connectivity index (χ1v) is 9.05. The fraction of sp³-hybridized carbons (Fsp3) is 0.200. The van der Waals surface area contributed by atoms with E-state index in [2.05, 4.69) is 15.0 Å². The third kappa shape index (κ3) is 3.90. The molecular formula is C20H17ClN4O2.